The number of carbonyl (C=O) groups excluding carboxylic acids is 2. The molecule has 2 heterocycles. The van der Waals surface area contributed by atoms with E-state index >= 15 is 0 Å². The van der Waals surface area contributed by atoms with Crippen molar-refractivity contribution in [3.05, 3.63) is 47.1 Å². The lowest BCUT2D eigenvalue weighted by Gasteiger charge is -2.22. The van der Waals surface area contributed by atoms with Crippen LogP contribution in [0.15, 0.2) is 22.7 Å². The molecular weight excluding hydrogens is 310 g/mol. The molecule has 0 saturated carbocycles. The Morgan fingerprint density at radius 3 is 2.65 bits per heavy atom. The van der Waals surface area contributed by atoms with Gasteiger partial charge in [0.1, 0.15) is 12.1 Å². The van der Waals surface area contributed by atoms with Crippen LogP contribution in [0.4, 0.5) is 13.6 Å². The van der Waals surface area contributed by atoms with Crippen molar-refractivity contribution in [2.45, 2.75) is 25.9 Å². The van der Waals surface area contributed by atoms with Crippen molar-refractivity contribution in [2.75, 3.05) is 0 Å². The number of aryl methyl sites for hydroxylation is 1. The molecule has 0 spiro atoms. The molecule has 9 heteroatoms. The largest absolute Gasteiger partial charge is 0.337 e. The van der Waals surface area contributed by atoms with Crippen LogP contribution in [0.3, 0.4) is 0 Å². The summed E-state index contributed by atoms with van der Waals surface area (Å²) in [5.74, 6) is -2.29. The van der Waals surface area contributed by atoms with Crippen LogP contribution in [0, 0.1) is 18.6 Å². The first-order valence-corrected chi connectivity index (χ1v) is 6.70. The molecule has 0 aliphatic carbocycles. The van der Waals surface area contributed by atoms with Crippen molar-refractivity contribution >= 4 is 11.9 Å². The van der Waals surface area contributed by atoms with Crippen LogP contribution in [0.25, 0.3) is 0 Å². The van der Waals surface area contributed by atoms with Crippen molar-refractivity contribution in [2.24, 2.45) is 0 Å². The van der Waals surface area contributed by atoms with Crippen LogP contribution < -0.4 is 5.32 Å². The summed E-state index contributed by atoms with van der Waals surface area (Å²) >= 11 is 0. The molecule has 0 bridgehead atoms. The molecule has 23 heavy (non-hydrogen) atoms. The lowest BCUT2D eigenvalue weighted by molar-refractivity contribution is -0.131. The van der Waals surface area contributed by atoms with E-state index in [9.17, 15) is 18.4 Å². The summed E-state index contributed by atoms with van der Waals surface area (Å²) in [5.41, 5.74) is -1.36. The molecule has 1 N–H and O–H groups in total. The zero-order valence-electron chi connectivity index (χ0n) is 12.3. The van der Waals surface area contributed by atoms with Gasteiger partial charge >= 0.3 is 6.03 Å². The van der Waals surface area contributed by atoms with Crippen LogP contribution in [0.2, 0.25) is 0 Å². The fourth-order valence-electron chi connectivity index (χ4n) is 2.38. The molecule has 1 unspecified atom stereocenters. The zero-order valence-corrected chi connectivity index (χ0v) is 12.3. The van der Waals surface area contributed by atoms with Gasteiger partial charge in [0.05, 0.1) is 0 Å². The Kier molecular flexibility index (Phi) is 3.35. The average molecular weight is 322 g/mol. The quantitative estimate of drug-likeness (QED) is 0.868. The Hall–Kier alpha value is -2.84. The summed E-state index contributed by atoms with van der Waals surface area (Å²) in [7, 11) is 0. The van der Waals surface area contributed by atoms with Gasteiger partial charge in [-0.05, 0) is 31.5 Å². The number of aromatic nitrogens is 2. The summed E-state index contributed by atoms with van der Waals surface area (Å²) in [6, 6.07) is 2.35. The fraction of sp³-hybridized carbons (Fsp3) is 0.286. The lowest BCUT2D eigenvalue weighted by Crippen LogP contribution is -2.41. The van der Waals surface area contributed by atoms with Gasteiger partial charge in [0.15, 0.2) is 17.5 Å². The topological polar surface area (TPSA) is 88.3 Å². The van der Waals surface area contributed by atoms with E-state index in [0.29, 0.717) is 5.82 Å². The van der Waals surface area contributed by atoms with Crippen LogP contribution in [0.5, 0.6) is 0 Å². The van der Waals surface area contributed by atoms with Crippen molar-refractivity contribution < 1.29 is 22.9 Å². The Balaban J connectivity index is 1.91. The van der Waals surface area contributed by atoms with Crippen molar-refractivity contribution in [3.8, 4) is 0 Å². The molecule has 3 rings (SSSR count). The van der Waals surface area contributed by atoms with Gasteiger partial charge in [0, 0.05) is 0 Å². The molecular formula is C14H12F2N4O3. The molecule has 0 radical (unpaired) electrons. The first kappa shape index (κ1) is 15.1. The van der Waals surface area contributed by atoms with Crippen LogP contribution >= 0.6 is 0 Å². The molecule has 1 aliphatic heterocycles. The highest BCUT2D eigenvalue weighted by atomic mass is 19.2. The second-order valence-electron chi connectivity index (χ2n) is 5.31. The van der Waals surface area contributed by atoms with E-state index in [4.69, 9.17) is 4.52 Å². The Bertz CT molecular complexity index is 807. The number of halogens is 2. The normalized spacial score (nSPS) is 21.0. The molecule has 1 saturated heterocycles. The van der Waals surface area contributed by atoms with Crippen LogP contribution in [0.1, 0.15) is 24.2 Å². The van der Waals surface area contributed by atoms with Gasteiger partial charge in [0.25, 0.3) is 5.91 Å². The average Bonchev–Trinajstić information content (AvgIpc) is 3.00. The number of hydrogen-bond acceptors (Lipinski definition) is 5. The number of urea groups is 1. The summed E-state index contributed by atoms with van der Waals surface area (Å²) < 4.78 is 31.4. The summed E-state index contributed by atoms with van der Waals surface area (Å²) in [5, 5.41) is 6.06. The van der Waals surface area contributed by atoms with Gasteiger partial charge in [-0.25, -0.2) is 13.6 Å². The number of nitrogens with zero attached hydrogens (tertiary/aromatic N) is 3. The smallest absolute Gasteiger partial charge is 0.325 e. The van der Waals surface area contributed by atoms with Crippen molar-refractivity contribution in [3.63, 3.8) is 0 Å². The predicted octanol–water partition coefficient (Wildman–Crippen LogP) is 1.62. The SMILES string of the molecule is Cc1noc(CN2C(=O)NC(C)(c3ccc(F)c(F)c3)C2=O)n1. The Labute approximate surface area is 129 Å². The second-order valence-corrected chi connectivity index (χ2v) is 5.31. The minimum Gasteiger partial charge on any atom is -0.337 e. The molecule has 7 nitrogen and oxygen atoms in total. The van der Waals surface area contributed by atoms with E-state index in [2.05, 4.69) is 15.5 Å². The minimum atomic E-state index is -1.50. The number of nitrogens with one attached hydrogen (secondary N) is 1. The van der Waals surface area contributed by atoms with Crippen molar-refractivity contribution in [1.29, 1.82) is 0 Å². The molecule has 1 aromatic carbocycles. The summed E-state index contributed by atoms with van der Waals surface area (Å²) in [6.07, 6.45) is 0. The molecule has 1 aliphatic rings. The predicted molar refractivity (Wildman–Crippen MR) is 71.8 cm³/mol. The number of amides is 3. The first-order valence-electron chi connectivity index (χ1n) is 6.70. The maximum atomic E-state index is 13.4. The third-order valence-corrected chi connectivity index (χ3v) is 3.63. The summed E-state index contributed by atoms with van der Waals surface area (Å²) in [6.45, 7) is 2.81. The maximum absolute atomic E-state index is 13.4. The van der Waals surface area contributed by atoms with Gasteiger partial charge < -0.3 is 9.84 Å². The number of benzene rings is 1. The fourth-order valence-corrected chi connectivity index (χ4v) is 2.38. The lowest BCUT2D eigenvalue weighted by atomic mass is 9.92. The molecule has 2 aromatic rings. The Morgan fingerprint density at radius 2 is 2.04 bits per heavy atom. The number of imide groups is 1. The molecule has 1 atom stereocenters. The first-order chi connectivity index (χ1) is 10.8. The third-order valence-electron chi connectivity index (χ3n) is 3.63. The van der Waals surface area contributed by atoms with E-state index in [-0.39, 0.29) is 18.0 Å². The van der Waals surface area contributed by atoms with Crippen molar-refractivity contribution in [1.82, 2.24) is 20.4 Å². The van der Waals surface area contributed by atoms with Crippen LogP contribution in [-0.4, -0.2) is 27.0 Å². The highest BCUT2D eigenvalue weighted by Gasteiger charge is 2.49. The van der Waals surface area contributed by atoms with E-state index in [1.165, 1.54) is 13.0 Å². The summed E-state index contributed by atoms with van der Waals surface area (Å²) in [4.78, 5) is 29.5. The second kappa shape index (κ2) is 5.11. The number of carbonyl (C=O) groups is 2. The Morgan fingerprint density at radius 1 is 1.30 bits per heavy atom. The monoisotopic (exact) mass is 322 g/mol. The minimum absolute atomic E-state index is 0.0977. The maximum Gasteiger partial charge on any atom is 0.325 e. The van der Waals surface area contributed by atoms with E-state index in [1.807, 2.05) is 0 Å². The standard InChI is InChI=1S/C14H12F2N4O3/c1-7-17-11(23-19-7)6-20-12(21)14(2,18-13(20)22)8-3-4-9(15)10(16)5-8/h3-5H,6H2,1-2H3,(H,18,22). The van der Waals surface area contributed by atoms with Gasteiger partial charge in [0.2, 0.25) is 5.89 Å². The number of hydrogen-bond donors (Lipinski definition) is 1. The zero-order chi connectivity index (χ0) is 16.8. The van der Waals surface area contributed by atoms with Gasteiger partial charge in [-0.3, -0.25) is 9.69 Å². The van der Waals surface area contributed by atoms with E-state index in [1.54, 1.807) is 6.92 Å². The van der Waals surface area contributed by atoms with Crippen LogP contribution in [-0.2, 0) is 16.9 Å². The van der Waals surface area contributed by atoms with Gasteiger partial charge in [-0.1, -0.05) is 11.2 Å². The third kappa shape index (κ3) is 2.43. The van der Waals surface area contributed by atoms with E-state index < -0.39 is 29.1 Å². The van der Waals surface area contributed by atoms with Gasteiger partial charge in [-0.15, -0.1) is 0 Å². The molecule has 120 valence electrons. The molecule has 1 aromatic heterocycles. The molecule has 3 amide bonds. The number of rotatable bonds is 3. The molecule has 1 fully saturated rings. The highest BCUT2D eigenvalue weighted by Crippen LogP contribution is 2.30. The highest BCUT2D eigenvalue weighted by molar-refractivity contribution is 6.07. The van der Waals surface area contributed by atoms with Gasteiger partial charge in [-0.2, -0.15) is 4.98 Å². The van der Waals surface area contributed by atoms with E-state index in [0.717, 1.165) is 17.0 Å².